The summed E-state index contributed by atoms with van der Waals surface area (Å²) >= 11 is 0. The zero-order valence-electron chi connectivity index (χ0n) is 17.4. The predicted molar refractivity (Wildman–Crippen MR) is 131 cm³/mol. The third-order valence-electron chi connectivity index (χ3n) is 5.19. The van der Waals surface area contributed by atoms with Crippen molar-refractivity contribution in [3.8, 4) is 0 Å². The molecule has 2 N–H and O–H groups in total. The van der Waals surface area contributed by atoms with Gasteiger partial charge in [0.05, 0.1) is 0 Å². The normalized spacial score (nSPS) is 15.1. The van der Waals surface area contributed by atoms with Gasteiger partial charge in [-0.3, -0.25) is 9.79 Å². The van der Waals surface area contributed by atoms with Crippen molar-refractivity contribution in [2.75, 3.05) is 25.0 Å². The number of anilines is 1. The first-order valence-electron chi connectivity index (χ1n) is 9.97. The lowest BCUT2D eigenvalue weighted by atomic mass is 9.99. The van der Waals surface area contributed by atoms with E-state index in [0.717, 1.165) is 36.7 Å². The smallest absolute Gasteiger partial charge is 0.227 e. The van der Waals surface area contributed by atoms with E-state index in [2.05, 4.69) is 65.9 Å². The van der Waals surface area contributed by atoms with Crippen molar-refractivity contribution < 1.29 is 4.79 Å². The van der Waals surface area contributed by atoms with Crippen LogP contribution in [0.25, 0.3) is 0 Å². The van der Waals surface area contributed by atoms with Crippen LogP contribution in [-0.4, -0.2) is 32.0 Å². The van der Waals surface area contributed by atoms with Crippen molar-refractivity contribution in [3.05, 3.63) is 65.2 Å². The lowest BCUT2D eigenvalue weighted by molar-refractivity contribution is -0.117. The maximum atomic E-state index is 11.9. The molecule has 1 heterocycles. The van der Waals surface area contributed by atoms with E-state index >= 15 is 0 Å². The van der Waals surface area contributed by atoms with Gasteiger partial charge in [-0.1, -0.05) is 48.9 Å². The molecule has 6 heteroatoms. The van der Waals surface area contributed by atoms with Crippen molar-refractivity contribution in [1.29, 1.82) is 0 Å². The van der Waals surface area contributed by atoms with Crippen molar-refractivity contribution in [2.24, 2.45) is 4.99 Å². The van der Waals surface area contributed by atoms with Gasteiger partial charge in [-0.15, -0.1) is 24.0 Å². The quantitative estimate of drug-likeness (QED) is 0.351. The highest BCUT2D eigenvalue weighted by molar-refractivity contribution is 14.0. The van der Waals surface area contributed by atoms with E-state index in [9.17, 15) is 4.79 Å². The van der Waals surface area contributed by atoms with Crippen LogP contribution in [0.1, 0.15) is 42.4 Å². The summed E-state index contributed by atoms with van der Waals surface area (Å²) in [6, 6.07) is 16.8. The van der Waals surface area contributed by atoms with E-state index < -0.39 is 0 Å². The molecule has 156 valence electrons. The van der Waals surface area contributed by atoms with E-state index in [0.29, 0.717) is 18.9 Å². The molecular weight excluding hydrogens is 475 g/mol. The Hall–Kier alpha value is -2.09. The number of benzene rings is 2. The third-order valence-corrected chi connectivity index (χ3v) is 5.19. The standard InChI is InChI=1S/C23H30N4O.HI/c1-17-6-4-7-20(14-17)18(2)15-25-23(24-3)26-16-19-9-11-21(12-10-19)27-13-5-8-22(27)28;/h4,6-7,9-12,14,18H,5,8,13,15-16H2,1-3H3,(H2,24,25,26);1H. The molecule has 1 saturated heterocycles. The Balaban J connectivity index is 0.00000300. The predicted octanol–water partition coefficient (Wildman–Crippen LogP) is 4.21. The molecule has 0 aromatic heterocycles. The SMILES string of the molecule is CN=C(NCc1ccc(N2CCCC2=O)cc1)NCC(C)c1cccc(C)c1.I. The average molecular weight is 506 g/mol. The summed E-state index contributed by atoms with van der Waals surface area (Å²) in [6.45, 7) is 6.67. The molecule has 2 aromatic carbocycles. The molecular formula is C23H31IN4O. The topological polar surface area (TPSA) is 56.7 Å². The second-order valence-corrected chi connectivity index (χ2v) is 7.44. The van der Waals surface area contributed by atoms with E-state index in [1.807, 2.05) is 17.0 Å². The Bertz CT molecular complexity index is 835. The van der Waals surface area contributed by atoms with Gasteiger partial charge in [-0.05, 0) is 42.5 Å². The van der Waals surface area contributed by atoms with Crippen LogP contribution >= 0.6 is 24.0 Å². The molecule has 5 nitrogen and oxygen atoms in total. The number of hydrogen-bond acceptors (Lipinski definition) is 2. The maximum Gasteiger partial charge on any atom is 0.227 e. The first-order chi connectivity index (χ1) is 13.6. The number of hydrogen-bond donors (Lipinski definition) is 2. The minimum Gasteiger partial charge on any atom is -0.356 e. The molecule has 0 spiro atoms. The molecule has 0 aliphatic carbocycles. The van der Waals surface area contributed by atoms with Crippen LogP contribution < -0.4 is 15.5 Å². The van der Waals surface area contributed by atoms with Crippen LogP contribution in [0.2, 0.25) is 0 Å². The summed E-state index contributed by atoms with van der Waals surface area (Å²) < 4.78 is 0. The summed E-state index contributed by atoms with van der Waals surface area (Å²) in [4.78, 5) is 18.0. The molecule has 1 aliphatic rings. The fraction of sp³-hybridized carbons (Fsp3) is 0.391. The molecule has 0 bridgehead atoms. The number of nitrogens with zero attached hydrogens (tertiary/aromatic N) is 2. The third kappa shape index (κ3) is 6.45. The molecule has 0 saturated carbocycles. The summed E-state index contributed by atoms with van der Waals surface area (Å²) in [5, 5.41) is 6.77. The van der Waals surface area contributed by atoms with Gasteiger partial charge in [0, 0.05) is 38.8 Å². The number of carbonyl (C=O) groups excluding carboxylic acids is 1. The van der Waals surface area contributed by atoms with E-state index in [1.165, 1.54) is 11.1 Å². The zero-order chi connectivity index (χ0) is 19.9. The lowest BCUT2D eigenvalue weighted by Crippen LogP contribution is -2.38. The highest BCUT2D eigenvalue weighted by Crippen LogP contribution is 2.21. The number of rotatable bonds is 6. The molecule has 1 atom stereocenters. The minimum atomic E-state index is 0. The number of aryl methyl sites for hydroxylation is 1. The van der Waals surface area contributed by atoms with Crippen molar-refractivity contribution in [3.63, 3.8) is 0 Å². The Kier molecular flexibility index (Phi) is 8.95. The lowest BCUT2D eigenvalue weighted by Gasteiger charge is -2.18. The fourth-order valence-corrected chi connectivity index (χ4v) is 3.47. The highest BCUT2D eigenvalue weighted by Gasteiger charge is 2.21. The molecule has 1 fully saturated rings. The number of amides is 1. The summed E-state index contributed by atoms with van der Waals surface area (Å²) in [5.41, 5.74) is 4.76. The van der Waals surface area contributed by atoms with Gasteiger partial charge in [0.1, 0.15) is 0 Å². The Morgan fingerprint density at radius 1 is 1.17 bits per heavy atom. The Labute approximate surface area is 191 Å². The monoisotopic (exact) mass is 506 g/mol. The molecule has 1 aliphatic heterocycles. The van der Waals surface area contributed by atoms with Crippen molar-refractivity contribution in [2.45, 2.75) is 39.2 Å². The molecule has 29 heavy (non-hydrogen) atoms. The van der Waals surface area contributed by atoms with Gasteiger partial charge in [0.2, 0.25) is 5.91 Å². The number of nitrogens with one attached hydrogen (secondary N) is 2. The zero-order valence-corrected chi connectivity index (χ0v) is 19.8. The van der Waals surface area contributed by atoms with Crippen LogP contribution in [0.4, 0.5) is 5.69 Å². The number of guanidine groups is 1. The first kappa shape index (κ1) is 23.2. The molecule has 1 amide bonds. The van der Waals surface area contributed by atoms with Gasteiger partial charge in [0.15, 0.2) is 5.96 Å². The van der Waals surface area contributed by atoms with E-state index in [4.69, 9.17) is 0 Å². The number of halogens is 1. The first-order valence-corrected chi connectivity index (χ1v) is 9.97. The van der Waals surface area contributed by atoms with E-state index in [1.54, 1.807) is 7.05 Å². The molecule has 1 unspecified atom stereocenters. The van der Waals surface area contributed by atoms with E-state index in [-0.39, 0.29) is 29.9 Å². The molecule has 3 rings (SSSR count). The Morgan fingerprint density at radius 2 is 1.93 bits per heavy atom. The highest BCUT2D eigenvalue weighted by atomic mass is 127. The van der Waals surface area contributed by atoms with Crippen LogP contribution in [0, 0.1) is 6.92 Å². The van der Waals surface area contributed by atoms with Gasteiger partial charge in [-0.25, -0.2) is 0 Å². The second kappa shape index (κ2) is 11.2. The molecule has 2 aromatic rings. The maximum absolute atomic E-state index is 11.9. The Morgan fingerprint density at radius 3 is 2.55 bits per heavy atom. The number of carbonyl (C=O) groups is 1. The summed E-state index contributed by atoms with van der Waals surface area (Å²) in [6.07, 6.45) is 1.61. The molecule has 0 radical (unpaired) electrons. The number of aliphatic imine (C=N–C) groups is 1. The van der Waals surface area contributed by atoms with Crippen LogP contribution in [0.15, 0.2) is 53.5 Å². The van der Waals surface area contributed by atoms with Crippen LogP contribution in [-0.2, 0) is 11.3 Å². The van der Waals surface area contributed by atoms with Gasteiger partial charge in [0.25, 0.3) is 0 Å². The van der Waals surface area contributed by atoms with Crippen LogP contribution in [0.3, 0.4) is 0 Å². The van der Waals surface area contributed by atoms with Crippen molar-refractivity contribution >= 4 is 41.5 Å². The van der Waals surface area contributed by atoms with Crippen molar-refractivity contribution in [1.82, 2.24) is 10.6 Å². The largest absolute Gasteiger partial charge is 0.356 e. The second-order valence-electron chi connectivity index (χ2n) is 7.44. The van der Waals surface area contributed by atoms with Gasteiger partial charge < -0.3 is 15.5 Å². The van der Waals surface area contributed by atoms with Gasteiger partial charge >= 0.3 is 0 Å². The summed E-state index contributed by atoms with van der Waals surface area (Å²) in [5.74, 6) is 1.41. The van der Waals surface area contributed by atoms with Crippen LogP contribution in [0.5, 0.6) is 0 Å². The summed E-state index contributed by atoms with van der Waals surface area (Å²) in [7, 11) is 1.79. The van der Waals surface area contributed by atoms with Gasteiger partial charge in [-0.2, -0.15) is 0 Å². The minimum absolute atomic E-state index is 0. The fourth-order valence-electron chi connectivity index (χ4n) is 3.47. The average Bonchev–Trinajstić information content (AvgIpc) is 3.14.